The first kappa shape index (κ1) is 12.0. The van der Waals surface area contributed by atoms with Gasteiger partial charge in [0, 0.05) is 12.7 Å². The van der Waals surface area contributed by atoms with Crippen molar-refractivity contribution in [1.29, 1.82) is 0 Å². The van der Waals surface area contributed by atoms with Crippen molar-refractivity contribution in [2.45, 2.75) is 6.92 Å². The third-order valence-electron chi connectivity index (χ3n) is 1.85. The van der Waals surface area contributed by atoms with Crippen LogP contribution in [0.2, 0.25) is 0 Å². The Morgan fingerprint density at radius 2 is 2.12 bits per heavy atom. The summed E-state index contributed by atoms with van der Waals surface area (Å²) >= 11 is 0. The van der Waals surface area contributed by atoms with E-state index in [9.17, 15) is 14.4 Å². The van der Waals surface area contributed by atoms with Crippen LogP contribution in [-0.2, 0) is 4.79 Å². The molecule has 0 aromatic carbocycles. The molecule has 0 unspecified atom stereocenters. The van der Waals surface area contributed by atoms with Gasteiger partial charge in [0.1, 0.15) is 5.56 Å². The van der Waals surface area contributed by atoms with Gasteiger partial charge < -0.3 is 15.6 Å². The molecule has 0 bridgehead atoms. The van der Waals surface area contributed by atoms with Gasteiger partial charge in [-0.15, -0.1) is 0 Å². The minimum absolute atomic E-state index is 0.00759. The summed E-state index contributed by atoms with van der Waals surface area (Å²) < 4.78 is 0. The topological polar surface area (TPSA) is 91.1 Å². The second-order valence-corrected chi connectivity index (χ2v) is 3.05. The van der Waals surface area contributed by atoms with Gasteiger partial charge in [-0.25, -0.2) is 0 Å². The molecule has 1 heterocycles. The van der Waals surface area contributed by atoms with E-state index in [0.717, 1.165) is 0 Å². The molecule has 0 aliphatic rings. The van der Waals surface area contributed by atoms with Crippen LogP contribution in [0.5, 0.6) is 0 Å². The monoisotopic (exact) mass is 223 g/mol. The lowest BCUT2D eigenvalue weighted by Crippen LogP contribution is -2.38. The molecular weight excluding hydrogens is 210 g/mol. The van der Waals surface area contributed by atoms with Crippen molar-refractivity contribution in [3.63, 3.8) is 0 Å². The maximum Gasteiger partial charge on any atom is 0.260 e. The molecule has 0 fully saturated rings. The number of carbonyl (C=O) groups is 2. The standard InChI is InChI=1S/C10H13N3O3/c1-2-11-8(14)6-13-10(16)7-4-3-5-12-9(7)15/h3-5H,2,6H2,1H3,(H,11,14)(H,12,15)(H,13,16). The SMILES string of the molecule is CCNC(=O)CNC(=O)c1ccc[nH]c1=O. The van der Waals surface area contributed by atoms with Gasteiger partial charge in [-0.1, -0.05) is 0 Å². The highest BCUT2D eigenvalue weighted by Gasteiger charge is 2.10. The zero-order valence-corrected chi connectivity index (χ0v) is 8.87. The van der Waals surface area contributed by atoms with Crippen LogP contribution in [0.3, 0.4) is 0 Å². The fourth-order valence-electron chi connectivity index (χ4n) is 1.12. The van der Waals surface area contributed by atoms with Gasteiger partial charge in [-0.2, -0.15) is 0 Å². The summed E-state index contributed by atoms with van der Waals surface area (Å²) in [6, 6.07) is 2.94. The molecule has 16 heavy (non-hydrogen) atoms. The maximum atomic E-state index is 11.5. The summed E-state index contributed by atoms with van der Waals surface area (Å²) in [4.78, 5) is 36.1. The molecule has 0 saturated carbocycles. The Morgan fingerprint density at radius 3 is 2.75 bits per heavy atom. The van der Waals surface area contributed by atoms with Gasteiger partial charge in [0.25, 0.3) is 11.5 Å². The van der Waals surface area contributed by atoms with Gasteiger partial charge in [-0.05, 0) is 19.1 Å². The first-order valence-electron chi connectivity index (χ1n) is 4.87. The van der Waals surface area contributed by atoms with E-state index in [-0.39, 0.29) is 18.0 Å². The minimum Gasteiger partial charge on any atom is -0.355 e. The van der Waals surface area contributed by atoms with Crippen LogP contribution >= 0.6 is 0 Å². The van der Waals surface area contributed by atoms with Gasteiger partial charge in [0.05, 0.1) is 6.54 Å². The lowest BCUT2D eigenvalue weighted by Gasteiger charge is -2.04. The van der Waals surface area contributed by atoms with Gasteiger partial charge in [-0.3, -0.25) is 14.4 Å². The maximum absolute atomic E-state index is 11.5. The van der Waals surface area contributed by atoms with Gasteiger partial charge >= 0.3 is 0 Å². The zero-order valence-electron chi connectivity index (χ0n) is 8.87. The Bertz CT molecular complexity index is 439. The second-order valence-electron chi connectivity index (χ2n) is 3.05. The number of rotatable bonds is 4. The van der Waals surface area contributed by atoms with Crippen LogP contribution < -0.4 is 16.2 Å². The highest BCUT2D eigenvalue weighted by molar-refractivity contribution is 5.96. The molecule has 0 saturated heterocycles. The lowest BCUT2D eigenvalue weighted by atomic mass is 10.2. The summed E-state index contributed by atoms with van der Waals surface area (Å²) in [6.45, 7) is 2.14. The van der Waals surface area contributed by atoms with Crippen molar-refractivity contribution < 1.29 is 9.59 Å². The summed E-state index contributed by atoms with van der Waals surface area (Å²) in [5.74, 6) is -0.851. The quantitative estimate of drug-likeness (QED) is 0.626. The number of aromatic nitrogens is 1. The molecule has 0 atom stereocenters. The Morgan fingerprint density at radius 1 is 1.38 bits per heavy atom. The molecule has 1 rings (SSSR count). The Hall–Kier alpha value is -2.11. The molecule has 0 aliphatic heterocycles. The zero-order chi connectivity index (χ0) is 12.0. The summed E-state index contributed by atoms with van der Waals surface area (Å²) in [6.07, 6.45) is 1.43. The number of amides is 2. The predicted molar refractivity (Wildman–Crippen MR) is 58.1 cm³/mol. The number of hydrogen-bond donors (Lipinski definition) is 3. The average Bonchev–Trinajstić information content (AvgIpc) is 2.27. The first-order valence-corrected chi connectivity index (χ1v) is 4.87. The van der Waals surface area contributed by atoms with E-state index in [2.05, 4.69) is 15.6 Å². The summed E-state index contributed by atoms with van der Waals surface area (Å²) in [7, 11) is 0. The number of hydrogen-bond acceptors (Lipinski definition) is 3. The minimum atomic E-state index is -0.562. The molecule has 3 N–H and O–H groups in total. The Balaban J connectivity index is 2.57. The average molecular weight is 223 g/mol. The van der Waals surface area contributed by atoms with Crippen molar-refractivity contribution in [2.24, 2.45) is 0 Å². The molecule has 0 radical (unpaired) electrons. The molecule has 86 valence electrons. The second kappa shape index (κ2) is 5.69. The predicted octanol–water partition coefficient (Wildman–Crippen LogP) is -0.759. The molecule has 2 amide bonds. The lowest BCUT2D eigenvalue weighted by molar-refractivity contribution is -0.120. The van der Waals surface area contributed by atoms with Gasteiger partial charge in [0.15, 0.2) is 0 Å². The molecule has 0 aliphatic carbocycles. The summed E-state index contributed by atoms with van der Waals surface area (Å²) in [5.41, 5.74) is -0.484. The Labute approximate surface area is 92.1 Å². The fraction of sp³-hybridized carbons (Fsp3) is 0.300. The number of H-pyrrole nitrogens is 1. The first-order chi connectivity index (χ1) is 7.65. The van der Waals surface area contributed by atoms with Crippen LogP contribution in [0.1, 0.15) is 17.3 Å². The third kappa shape index (κ3) is 3.23. The number of likely N-dealkylation sites (N-methyl/N-ethyl adjacent to an activating group) is 1. The van der Waals surface area contributed by atoms with Crippen LogP contribution in [0.4, 0.5) is 0 Å². The van der Waals surface area contributed by atoms with Gasteiger partial charge in [0.2, 0.25) is 5.91 Å². The molecule has 6 nitrogen and oxygen atoms in total. The van der Waals surface area contributed by atoms with Crippen molar-refractivity contribution in [3.05, 3.63) is 34.2 Å². The van der Waals surface area contributed by atoms with Crippen LogP contribution in [0.15, 0.2) is 23.1 Å². The van der Waals surface area contributed by atoms with E-state index in [4.69, 9.17) is 0 Å². The third-order valence-corrected chi connectivity index (χ3v) is 1.85. The van der Waals surface area contributed by atoms with Crippen molar-refractivity contribution in [1.82, 2.24) is 15.6 Å². The van der Waals surface area contributed by atoms with Crippen molar-refractivity contribution in [3.8, 4) is 0 Å². The number of pyridine rings is 1. The largest absolute Gasteiger partial charge is 0.355 e. The van der Waals surface area contributed by atoms with Crippen LogP contribution in [0.25, 0.3) is 0 Å². The fourth-order valence-corrected chi connectivity index (χ4v) is 1.12. The van der Waals surface area contributed by atoms with Crippen LogP contribution in [0, 0.1) is 0 Å². The number of carbonyl (C=O) groups excluding carboxylic acids is 2. The molecule has 6 heteroatoms. The van der Waals surface area contributed by atoms with E-state index >= 15 is 0 Å². The smallest absolute Gasteiger partial charge is 0.260 e. The van der Waals surface area contributed by atoms with Crippen LogP contribution in [-0.4, -0.2) is 29.9 Å². The van der Waals surface area contributed by atoms with E-state index in [1.807, 2.05) is 0 Å². The number of aromatic amines is 1. The van der Waals surface area contributed by atoms with E-state index in [1.165, 1.54) is 12.3 Å². The molecule has 0 spiro atoms. The normalized spacial score (nSPS) is 9.56. The molecular formula is C10H13N3O3. The van der Waals surface area contributed by atoms with E-state index in [0.29, 0.717) is 6.54 Å². The highest BCUT2D eigenvalue weighted by atomic mass is 16.2. The van der Waals surface area contributed by atoms with E-state index < -0.39 is 11.5 Å². The Kier molecular flexibility index (Phi) is 4.26. The van der Waals surface area contributed by atoms with Crippen molar-refractivity contribution >= 4 is 11.8 Å². The van der Waals surface area contributed by atoms with Crippen molar-refractivity contribution in [2.75, 3.05) is 13.1 Å². The number of nitrogens with one attached hydrogen (secondary N) is 3. The molecule has 1 aromatic heterocycles. The van der Waals surface area contributed by atoms with E-state index in [1.54, 1.807) is 13.0 Å². The highest BCUT2D eigenvalue weighted by Crippen LogP contribution is 1.88. The summed E-state index contributed by atoms with van der Waals surface area (Å²) in [5, 5.41) is 4.88. The molecule has 1 aromatic rings.